The number of likely N-dealkylation sites (tertiary alicyclic amines) is 1. The van der Waals surface area contributed by atoms with Gasteiger partial charge in [0.15, 0.2) is 0 Å². The van der Waals surface area contributed by atoms with Crippen molar-refractivity contribution in [1.29, 1.82) is 0 Å². The monoisotopic (exact) mass is 470 g/mol. The van der Waals surface area contributed by atoms with Crippen LogP contribution in [0.25, 0.3) is 0 Å². The van der Waals surface area contributed by atoms with Gasteiger partial charge in [0.1, 0.15) is 18.1 Å². The highest BCUT2D eigenvalue weighted by Crippen LogP contribution is 2.21. The van der Waals surface area contributed by atoms with Crippen LogP contribution in [0, 0.1) is 11.8 Å². The Hall–Kier alpha value is -2.69. The molecule has 0 aromatic rings. The normalized spacial score (nSPS) is 19.5. The lowest BCUT2D eigenvalue weighted by atomic mass is 9.97. The van der Waals surface area contributed by atoms with Crippen molar-refractivity contribution in [2.24, 2.45) is 17.6 Å². The number of hydrogen-bond acceptors (Lipinski definition) is 6. The summed E-state index contributed by atoms with van der Waals surface area (Å²) in [6.07, 6.45) is 1.39. The number of carbonyl (C=O) groups excluding carboxylic acids is 3. The molecule has 0 aliphatic carbocycles. The SMILES string of the molecule is CCC(C)C(NC(=O)C1CCCN1C(=O)C(N)CC(C)C)C(=O)NC(CCC(=O)O)C(=O)O. The van der Waals surface area contributed by atoms with Gasteiger partial charge in [-0.3, -0.25) is 19.2 Å². The molecule has 0 aromatic heterocycles. The molecule has 1 fully saturated rings. The molecule has 1 heterocycles. The van der Waals surface area contributed by atoms with Crippen LogP contribution in [-0.2, 0) is 24.0 Å². The zero-order valence-electron chi connectivity index (χ0n) is 19.9. The fourth-order valence-corrected chi connectivity index (χ4v) is 3.86. The van der Waals surface area contributed by atoms with Crippen molar-refractivity contribution in [2.75, 3.05) is 6.54 Å². The number of aliphatic carboxylic acids is 2. The highest BCUT2D eigenvalue weighted by Gasteiger charge is 2.38. The summed E-state index contributed by atoms with van der Waals surface area (Å²) >= 11 is 0. The molecule has 33 heavy (non-hydrogen) atoms. The van der Waals surface area contributed by atoms with E-state index in [1.54, 1.807) is 6.92 Å². The summed E-state index contributed by atoms with van der Waals surface area (Å²) in [5.74, 6) is -4.13. The van der Waals surface area contributed by atoms with Crippen LogP contribution in [0.5, 0.6) is 0 Å². The van der Waals surface area contributed by atoms with Crippen LogP contribution in [0.4, 0.5) is 0 Å². The largest absolute Gasteiger partial charge is 0.481 e. The van der Waals surface area contributed by atoms with Gasteiger partial charge in [0.25, 0.3) is 0 Å². The van der Waals surface area contributed by atoms with E-state index >= 15 is 0 Å². The number of nitrogens with zero attached hydrogens (tertiary/aromatic N) is 1. The minimum Gasteiger partial charge on any atom is -0.481 e. The summed E-state index contributed by atoms with van der Waals surface area (Å²) in [7, 11) is 0. The average molecular weight is 471 g/mol. The average Bonchev–Trinajstić information content (AvgIpc) is 3.22. The van der Waals surface area contributed by atoms with E-state index in [0.29, 0.717) is 32.2 Å². The predicted octanol–water partition coefficient (Wildman–Crippen LogP) is 0.316. The molecule has 5 atom stereocenters. The Bertz CT molecular complexity index is 728. The van der Waals surface area contributed by atoms with Crippen LogP contribution >= 0.6 is 0 Å². The highest BCUT2D eigenvalue weighted by atomic mass is 16.4. The zero-order chi connectivity index (χ0) is 25.3. The molecule has 5 unspecified atom stereocenters. The third kappa shape index (κ3) is 8.64. The fourth-order valence-electron chi connectivity index (χ4n) is 3.86. The maximum atomic E-state index is 13.1. The first-order valence-electron chi connectivity index (χ1n) is 11.5. The van der Waals surface area contributed by atoms with Crippen LogP contribution < -0.4 is 16.4 Å². The summed E-state index contributed by atoms with van der Waals surface area (Å²) in [5, 5.41) is 23.2. The number of nitrogens with one attached hydrogen (secondary N) is 2. The number of rotatable bonds is 13. The summed E-state index contributed by atoms with van der Waals surface area (Å²) < 4.78 is 0. The van der Waals surface area contributed by atoms with Gasteiger partial charge < -0.3 is 31.5 Å². The molecule has 11 nitrogen and oxygen atoms in total. The Morgan fingerprint density at radius 3 is 2.24 bits per heavy atom. The Labute approximate surface area is 194 Å². The van der Waals surface area contributed by atoms with Gasteiger partial charge in [-0.15, -0.1) is 0 Å². The predicted molar refractivity (Wildman–Crippen MR) is 120 cm³/mol. The second-order valence-electron chi connectivity index (χ2n) is 9.13. The molecule has 0 saturated carbocycles. The Kier molecular flexibility index (Phi) is 11.3. The Balaban J connectivity index is 2.93. The lowest BCUT2D eigenvalue weighted by Crippen LogP contribution is -2.58. The van der Waals surface area contributed by atoms with Crippen molar-refractivity contribution >= 4 is 29.7 Å². The van der Waals surface area contributed by atoms with Crippen molar-refractivity contribution in [2.45, 2.75) is 90.4 Å². The van der Waals surface area contributed by atoms with Crippen LogP contribution in [0.2, 0.25) is 0 Å². The first kappa shape index (κ1) is 28.3. The second kappa shape index (κ2) is 13.1. The van der Waals surface area contributed by atoms with Gasteiger partial charge in [-0.1, -0.05) is 34.1 Å². The number of carbonyl (C=O) groups is 5. The van der Waals surface area contributed by atoms with Crippen LogP contribution in [0.15, 0.2) is 0 Å². The number of carboxylic acid groups (broad SMARTS) is 2. The first-order chi connectivity index (χ1) is 15.4. The molecule has 0 bridgehead atoms. The molecule has 11 heteroatoms. The third-order valence-corrected chi connectivity index (χ3v) is 5.94. The van der Waals surface area contributed by atoms with E-state index < -0.39 is 54.3 Å². The highest BCUT2D eigenvalue weighted by molar-refractivity contribution is 5.94. The van der Waals surface area contributed by atoms with E-state index in [2.05, 4.69) is 10.6 Å². The number of amides is 3. The third-order valence-electron chi connectivity index (χ3n) is 5.94. The molecule has 1 rings (SSSR count). The van der Waals surface area contributed by atoms with E-state index in [-0.39, 0.29) is 24.2 Å². The molecule has 1 aliphatic heterocycles. The molecule has 0 spiro atoms. The zero-order valence-corrected chi connectivity index (χ0v) is 19.9. The van der Waals surface area contributed by atoms with Gasteiger partial charge in [0, 0.05) is 13.0 Å². The summed E-state index contributed by atoms with van der Waals surface area (Å²) in [6, 6.07) is -3.89. The van der Waals surface area contributed by atoms with E-state index in [4.69, 9.17) is 10.8 Å². The molecule has 1 saturated heterocycles. The molecular weight excluding hydrogens is 432 g/mol. The summed E-state index contributed by atoms with van der Waals surface area (Å²) in [4.78, 5) is 62.4. The molecule has 188 valence electrons. The second-order valence-corrected chi connectivity index (χ2v) is 9.13. The number of hydrogen-bond donors (Lipinski definition) is 5. The van der Waals surface area contributed by atoms with Gasteiger partial charge in [-0.2, -0.15) is 0 Å². The molecule has 6 N–H and O–H groups in total. The van der Waals surface area contributed by atoms with E-state index in [0.717, 1.165) is 0 Å². The molecule has 0 aromatic carbocycles. The standard InChI is InChI=1S/C22H38N4O7/c1-5-13(4)18(20(30)24-15(22(32)33)8-9-17(27)28)25-19(29)16-7-6-10-26(16)21(31)14(23)11-12(2)3/h12-16,18H,5-11,23H2,1-4H3,(H,24,30)(H,25,29)(H,27,28)(H,32,33). The smallest absolute Gasteiger partial charge is 0.326 e. The van der Waals surface area contributed by atoms with Crippen molar-refractivity contribution in [1.82, 2.24) is 15.5 Å². The summed E-state index contributed by atoms with van der Waals surface area (Å²) in [6.45, 7) is 7.88. The lowest BCUT2D eigenvalue weighted by molar-refractivity contribution is -0.144. The van der Waals surface area contributed by atoms with Crippen molar-refractivity contribution in [3.8, 4) is 0 Å². The van der Waals surface area contributed by atoms with Gasteiger partial charge >= 0.3 is 11.9 Å². The Morgan fingerprint density at radius 1 is 1.09 bits per heavy atom. The Morgan fingerprint density at radius 2 is 1.73 bits per heavy atom. The molecule has 1 aliphatic rings. The molecule has 0 radical (unpaired) electrons. The van der Waals surface area contributed by atoms with Crippen LogP contribution in [0.1, 0.15) is 66.2 Å². The van der Waals surface area contributed by atoms with E-state index in [1.165, 1.54) is 4.90 Å². The van der Waals surface area contributed by atoms with Gasteiger partial charge in [-0.05, 0) is 37.5 Å². The minimum absolute atomic E-state index is 0.223. The van der Waals surface area contributed by atoms with Crippen molar-refractivity contribution in [3.63, 3.8) is 0 Å². The van der Waals surface area contributed by atoms with Crippen LogP contribution in [0.3, 0.4) is 0 Å². The van der Waals surface area contributed by atoms with E-state index in [1.807, 2.05) is 20.8 Å². The number of carboxylic acids is 2. The lowest BCUT2D eigenvalue weighted by Gasteiger charge is -2.30. The van der Waals surface area contributed by atoms with Crippen LogP contribution in [-0.4, -0.2) is 75.5 Å². The van der Waals surface area contributed by atoms with Crippen molar-refractivity contribution < 1.29 is 34.2 Å². The fraction of sp³-hybridized carbons (Fsp3) is 0.773. The van der Waals surface area contributed by atoms with Gasteiger partial charge in [0.05, 0.1) is 6.04 Å². The maximum absolute atomic E-state index is 13.1. The topological polar surface area (TPSA) is 179 Å². The summed E-state index contributed by atoms with van der Waals surface area (Å²) in [5.41, 5.74) is 6.03. The van der Waals surface area contributed by atoms with E-state index in [9.17, 15) is 29.1 Å². The van der Waals surface area contributed by atoms with Crippen molar-refractivity contribution in [3.05, 3.63) is 0 Å². The van der Waals surface area contributed by atoms with Gasteiger partial charge in [0.2, 0.25) is 17.7 Å². The quantitative estimate of drug-likeness (QED) is 0.255. The number of nitrogens with two attached hydrogens (primary N) is 1. The molecule has 3 amide bonds. The van der Waals surface area contributed by atoms with Gasteiger partial charge in [-0.25, -0.2) is 4.79 Å². The maximum Gasteiger partial charge on any atom is 0.326 e. The molecular formula is C22H38N4O7. The minimum atomic E-state index is -1.39. The first-order valence-corrected chi connectivity index (χ1v) is 11.5.